The number of esters is 1. The first-order valence-corrected chi connectivity index (χ1v) is 35.7. The molecule has 0 aromatic rings. The number of hydrogen-bond donors (Lipinski definition) is 3. The molecule has 0 heterocycles. The maximum Gasteiger partial charge on any atom is 0.305 e. The average Bonchev–Trinajstić information content (AvgIpc) is 3.45. The Balaban J connectivity index is 3.32. The summed E-state index contributed by atoms with van der Waals surface area (Å²) >= 11 is 0. The van der Waals surface area contributed by atoms with E-state index in [1.807, 2.05) is 0 Å². The van der Waals surface area contributed by atoms with Crippen molar-refractivity contribution in [1.82, 2.24) is 5.32 Å². The first-order valence-electron chi connectivity index (χ1n) is 35.7. The summed E-state index contributed by atoms with van der Waals surface area (Å²) < 4.78 is 5.49. The van der Waals surface area contributed by atoms with E-state index in [2.05, 4.69) is 55.6 Å². The number of allylic oxidation sites excluding steroid dienone is 6. The average molecular weight is 1110 g/mol. The van der Waals surface area contributed by atoms with Gasteiger partial charge in [0, 0.05) is 12.8 Å². The Morgan fingerprint density at radius 2 is 0.633 bits per heavy atom. The van der Waals surface area contributed by atoms with Gasteiger partial charge in [0.25, 0.3) is 0 Å². The van der Waals surface area contributed by atoms with Gasteiger partial charge >= 0.3 is 5.97 Å². The number of hydrogen-bond acceptors (Lipinski definition) is 5. The number of carbonyl (C=O) groups excluding carboxylic acids is 2. The van der Waals surface area contributed by atoms with Crippen LogP contribution < -0.4 is 5.32 Å². The molecule has 0 aliphatic rings. The van der Waals surface area contributed by atoms with Crippen LogP contribution in [-0.4, -0.2) is 47.4 Å². The summed E-state index contributed by atoms with van der Waals surface area (Å²) in [6.07, 6.45) is 87.9. The second-order valence-corrected chi connectivity index (χ2v) is 24.6. The monoisotopic (exact) mass is 1110 g/mol. The van der Waals surface area contributed by atoms with E-state index < -0.39 is 12.1 Å². The molecule has 0 radical (unpaired) electrons. The van der Waals surface area contributed by atoms with Gasteiger partial charge < -0.3 is 20.3 Å². The van der Waals surface area contributed by atoms with Crippen molar-refractivity contribution in [3.8, 4) is 0 Å². The lowest BCUT2D eigenvalue weighted by Crippen LogP contribution is -2.45. The van der Waals surface area contributed by atoms with E-state index in [-0.39, 0.29) is 18.5 Å². The van der Waals surface area contributed by atoms with Crippen molar-refractivity contribution in [3.05, 3.63) is 36.5 Å². The predicted octanol–water partition coefficient (Wildman–Crippen LogP) is 23.1. The lowest BCUT2D eigenvalue weighted by atomic mass is 10.0. The van der Waals surface area contributed by atoms with E-state index >= 15 is 0 Å². The van der Waals surface area contributed by atoms with Crippen LogP contribution in [0.3, 0.4) is 0 Å². The molecule has 0 spiro atoms. The van der Waals surface area contributed by atoms with Crippen LogP contribution in [0.1, 0.15) is 393 Å². The van der Waals surface area contributed by atoms with Gasteiger partial charge in [0.15, 0.2) is 0 Å². The minimum absolute atomic E-state index is 0.00696. The molecule has 0 fully saturated rings. The van der Waals surface area contributed by atoms with Crippen LogP contribution in [0.5, 0.6) is 0 Å². The van der Waals surface area contributed by atoms with Gasteiger partial charge in [-0.05, 0) is 83.5 Å². The van der Waals surface area contributed by atoms with Crippen LogP contribution in [0, 0.1) is 0 Å². The number of aliphatic hydroxyl groups is 2. The lowest BCUT2D eigenvalue weighted by molar-refractivity contribution is -0.143. The molecule has 466 valence electrons. The van der Waals surface area contributed by atoms with E-state index in [0.717, 1.165) is 51.4 Å². The zero-order chi connectivity index (χ0) is 57.1. The fourth-order valence-electron chi connectivity index (χ4n) is 11.2. The highest BCUT2D eigenvalue weighted by molar-refractivity contribution is 5.76. The summed E-state index contributed by atoms with van der Waals surface area (Å²) in [6, 6.07) is -0.537. The van der Waals surface area contributed by atoms with Crippen molar-refractivity contribution in [3.63, 3.8) is 0 Å². The molecule has 0 bridgehead atoms. The van der Waals surface area contributed by atoms with E-state index in [4.69, 9.17) is 4.74 Å². The standard InChI is InChI=1S/C73H139NO5/c1-3-5-7-9-11-13-15-16-17-40-43-47-51-55-59-63-67-73(78)79-68-64-60-56-52-48-44-41-38-36-34-32-30-28-26-24-22-20-18-19-21-23-25-27-29-31-33-35-37-39-42-46-50-54-58-62-66-72(77)74-70(69-75)71(76)65-61-57-53-49-45-14-12-10-8-6-4-2/h13,15,17,20,22,40,70-71,75-76H,3-12,14,16,18-19,21,23-39,41-69H2,1-2H3,(H,74,77)/b15-13-,22-20-,40-17-. The summed E-state index contributed by atoms with van der Waals surface area (Å²) in [4.78, 5) is 24.5. The van der Waals surface area contributed by atoms with Crippen molar-refractivity contribution >= 4 is 11.9 Å². The Labute approximate surface area is 494 Å². The smallest absolute Gasteiger partial charge is 0.305 e. The molecule has 1 amide bonds. The van der Waals surface area contributed by atoms with Gasteiger partial charge in [-0.3, -0.25) is 9.59 Å². The molecule has 0 aromatic heterocycles. The van der Waals surface area contributed by atoms with Gasteiger partial charge in [0.05, 0.1) is 25.4 Å². The van der Waals surface area contributed by atoms with Gasteiger partial charge in [-0.2, -0.15) is 0 Å². The molecule has 6 heteroatoms. The number of aliphatic hydroxyl groups excluding tert-OH is 2. The zero-order valence-electron chi connectivity index (χ0n) is 53.4. The number of unbranched alkanes of at least 4 members (excludes halogenated alkanes) is 50. The Kier molecular flexibility index (Phi) is 66.9. The third-order valence-corrected chi connectivity index (χ3v) is 16.7. The molecule has 0 saturated heterocycles. The molecule has 0 aliphatic heterocycles. The summed E-state index contributed by atoms with van der Waals surface area (Å²) in [6.45, 7) is 4.95. The van der Waals surface area contributed by atoms with Crippen LogP contribution in [0.25, 0.3) is 0 Å². The quantitative estimate of drug-likeness (QED) is 0.0320. The van der Waals surface area contributed by atoms with E-state index in [1.165, 1.54) is 308 Å². The topological polar surface area (TPSA) is 95.9 Å². The zero-order valence-corrected chi connectivity index (χ0v) is 53.4. The fraction of sp³-hybridized carbons (Fsp3) is 0.890. The number of amides is 1. The van der Waals surface area contributed by atoms with Crippen molar-refractivity contribution in [1.29, 1.82) is 0 Å². The largest absolute Gasteiger partial charge is 0.466 e. The first-order chi connectivity index (χ1) is 39.0. The second-order valence-electron chi connectivity index (χ2n) is 24.6. The Bertz CT molecular complexity index is 1280. The molecule has 0 rings (SSSR count). The highest BCUT2D eigenvalue weighted by Gasteiger charge is 2.20. The number of ether oxygens (including phenoxy) is 1. The van der Waals surface area contributed by atoms with Crippen LogP contribution in [0.2, 0.25) is 0 Å². The Hall–Kier alpha value is -1.92. The molecule has 79 heavy (non-hydrogen) atoms. The minimum Gasteiger partial charge on any atom is -0.466 e. The molecule has 6 nitrogen and oxygen atoms in total. The van der Waals surface area contributed by atoms with Crippen molar-refractivity contribution in [2.75, 3.05) is 13.2 Å². The van der Waals surface area contributed by atoms with Crippen LogP contribution >= 0.6 is 0 Å². The Morgan fingerprint density at radius 1 is 0.354 bits per heavy atom. The molecular weight excluding hydrogens is 971 g/mol. The third kappa shape index (κ3) is 65.1. The van der Waals surface area contributed by atoms with E-state index in [1.54, 1.807) is 0 Å². The fourth-order valence-corrected chi connectivity index (χ4v) is 11.2. The molecule has 3 N–H and O–H groups in total. The number of nitrogens with one attached hydrogen (secondary N) is 1. The van der Waals surface area contributed by atoms with Crippen LogP contribution in [0.4, 0.5) is 0 Å². The SMILES string of the molecule is CCCCCC/C=C\C/C=C\CCCCCCCC(=O)OCCCCCCCCCCCCCCCC/C=C\CCCCCCCCCCCCCCCCCCCC(=O)NC(CO)C(O)CCCCCCCCCCCCC. The van der Waals surface area contributed by atoms with Crippen LogP contribution in [0.15, 0.2) is 36.5 Å². The van der Waals surface area contributed by atoms with Crippen LogP contribution in [-0.2, 0) is 14.3 Å². The van der Waals surface area contributed by atoms with Crippen molar-refractivity contribution in [2.45, 2.75) is 405 Å². The highest BCUT2D eigenvalue weighted by Crippen LogP contribution is 2.19. The molecule has 0 aromatic carbocycles. The number of carbonyl (C=O) groups is 2. The normalized spacial score (nSPS) is 12.7. The maximum absolute atomic E-state index is 12.5. The molecule has 2 atom stereocenters. The van der Waals surface area contributed by atoms with Gasteiger partial charge in [-0.25, -0.2) is 0 Å². The van der Waals surface area contributed by atoms with E-state index in [9.17, 15) is 19.8 Å². The molecule has 0 aliphatic carbocycles. The second kappa shape index (κ2) is 68.6. The predicted molar refractivity (Wildman–Crippen MR) is 347 cm³/mol. The lowest BCUT2D eigenvalue weighted by Gasteiger charge is -2.22. The molecule has 0 saturated carbocycles. The molecular formula is C73H139NO5. The van der Waals surface area contributed by atoms with Gasteiger partial charge in [0.2, 0.25) is 5.91 Å². The highest BCUT2D eigenvalue weighted by atomic mass is 16.5. The summed E-state index contributed by atoms with van der Waals surface area (Å²) in [7, 11) is 0. The number of rotatable bonds is 67. The third-order valence-electron chi connectivity index (χ3n) is 16.7. The maximum atomic E-state index is 12.5. The molecule has 2 unspecified atom stereocenters. The van der Waals surface area contributed by atoms with Crippen molar-refractivity contribution in [2.24, 2.45) is 0 Å². The van der Waals surface area contributed by atoms with Crippen molar-refractivity contribution < 1.29 is 24.5 Å². The van der Waals surface area contributed by atoms with Gasteiger partial charge in [0.1, 0.15) is 0 Å². The first kappa shape index (κ1) is 77.1. The Morgan fingerprint density at radius 3 is 0.987 bits per heavy atom. The summed E-state index contributed by atoms with van der Waals surface area (Å²) in [5.41, 5.74) is 0. The minimum atomic E-state index is -0.660. The summed E-state index contributed by atoms with van der Waals surface area (Å²) in [5, 5.41) is 23.2. The van der Waals surface area contributed by atoms with Gasteiger partial charge in [-0.15, -0.1) is 0 Å². The summed E-state index contributed by atoms with van der Waals surface area (Å²) in [5.74, 6) is -0.0239. The van der Waals surface area contributed by atoms with E-state index in [0.29, 0.717) is 25.9 Å². The van der Waals surface area contributed by atoms with Gasteiger partial charge in [-0.1, -0.05) is 333 Å².